The van der Waals surface area contributed by atoms with E-state index in [1.54, 1.807) is 7.11 Å². The van der Waals surface area contributed by atoms with Crippen molar-refractivity contribution in [3.05, 3.63) is 28.8 Å². The fourth-order valence-electron chi connectivity index (χ4n) is 4.45. The molecule has 1 aromatic rings. The minimum Gasteiger partial charge on any atom is -0.496 e. The molecule has 2 N–H and O–H groups in total. The van der Waals surface area contributed by atoms with Crippen LogP contribution in [-0.4, -0.2) is 7.11 Å². The molecule has 0 unspecified atom stereocenters. The molecule has 2 nitrogen and oxygen atoms in total. The van der Waals surface area contributed by atoms with E-state index in [0.29, 0.717) is 5.02 Å². The lowest BCUT2D eigenvalue weighted by molar-refractivity contribution is 0.0459. The van der Waals surface area contributed by atoms with Gasteiger partial charge in [0.25, 0.3) is 0 Å². The van der Waals surface area contributed by atoms with Crippen LogP contribution in [0.4, 0.5) is 0 Å². The molecule has 0 atom stereocenters. The van der Waals surface area contributed by atoms with Gasteiger partial charge in [-0.15, -0.1) is 0 Å². The van der Waals surface area contributed by atoms with Gasteiger partial charge < -0.3 is 10.5 Å². The fraction of sp³-hybridized carbons (Fsp3) is 0.647. The van der Waals surface area contributed by atoms with Crippen molar-refractivity contribution < 1.29 is 4.74 Å². The Bertz CT molecular complexity index is 492. The highest BCUT2D eigenvalue weighted by Gasteiger charge is 2.47. The lowest BCUT2D eigenvalue weighted by Crippen LogP contribution is -2.50. The zero-order chi connectivity index (χ0) is 15.2. The molecule has 0 heterocycles. The molecular weight excluding hydrogens is 270 g/mol. The summed E-state index contributed by atoms with van der Waals surface area (Å²) >= 11 is 6.19. The summed E-state index contributed by atoms with van der Waals surface area (Å²) in [4.78, 5) is 0. The van der Waals surface area contributed by atoms with Crippen molar-refractivity contribution in [1.29, 1.82) is 0 Å². The van der Waals surface area contributed by atoms with E-state index < -0.39 is 0 Å². The number of methoxy groups -OCH3 is 1. The molecule has 1 aliphatic rings. The third-order valence-electron chi connectivity index (χ3n) is 4.24. The number of hydrogen-bond donors (Lipinski definition) is 1. The fourth-order valence-corrected chi connectivity index (χ4v) is 4.62. The maximum absolute atomic E-state index is 6.84. The summed E-state index contributed by atoms with van der Waals surface area (Å²) in [6, 6.07) is 5.74. The molecule has 3 heteroatoms. The smallest absolute Gasteiger partial charge is 0.124 e. The molecule has 1 aliphatic carbocycles. The number of ether oxygens (including phenoxy) is 1. The number of rotatable bonds is 2. The largest absolute Gasteiger partial charge is 0.496 e. The third kappa shape index (κ3) is 3.12. The van der Waals surface area contributed by atoms with Crippen LogP contribution in [-0.2, 0) is 5.54 Å². The van der Waals surface area contributed by atoms with E-state index in [4.69, 9.17) is 22.1 Å². The van der Waals surface area contributed by atoms with E-state index >= 15 is 0 Å². The van der Waals surface area contributed by atoms with Crippen molar-refractivity contribution in [2.24, 2.45) is 16.6 Å². The van der Waals surface area contributed by atoms with Gasteiger partial charge in [0.15, 0.2) is 0 Å². The molecule has 2 rings (SSSR count). The van der Waals surface area contributed by atoms with Gasteiger partial charge in [0.1, 0.15) is 5.75 Å². The zero-order valence-corrected chi connectivity index (χ0v) is 14.0. The predicted molar refractivity (Wildman–Crippen MR) is 85.3 cm³/mol. The molecule has 0 aliphatic heterocycles. The Kier molecular flexibility index (Phi) is 3.85. The van der Waals surface area contributed by atoms with Gasteiger partial charge in [0, 0.05) is 16.1 Å². The minimum atomic E-state index is -0.387. The molecule has 20 heavy (non-hydrogen) atoms. The first-order valence-corrected chi connectivity index (χ1v) is 7.58. The monoisotopic (exact) mass is 295 g/mol. The van der Waals surface area contributed by atoms with Gasteiger partial charge in [-0.05, 0) is 48.3 Å². The maximum atomic E-state index is 6.84. The molecule has 1 aromatic carbocycles. The van der Waals surface area contributed by atoms with Gasteiger partial charge in [-0.2, -0.15) is 0 Å². The molecule has 0 saturated heterocycles. The number of halogens is 1. The highest BCUT2D eigenvalue weighted by atomic mass is 35.5. The number of hydrogen-bond acceptors (Lipinski definition) is 2. The minimum absolute atomic E-state index is 0.212. The van der Waals surface area contributed by atoms with E-state index in [0.717, 1.165) is 24.2 Å². The van der Waals surface area contributed by atoms with Crippen LogP contribution < -0.4 is 10.5 Å². The second-order valence-electron chi connectivity index (χ2n) is 7.86. The SMILES string of the molecule is COc1ccc(Cl)cc1C1(N)CC(C)(C)CC(C)(C)C1. The highest BCUT2D eigenvalue weighted by molar-refractivity contribution is 6.30. The summed E-state index contributed by atoms with van der Waals surface area (Å²) in [5, 5.41) is 0.715. The van der Waals surface area contributed by atoms with Crippen molar-refractivity contribution in [2.75, 3.05) is 7.11 Å². The van der Waals surface area contributed by atoms with Crippen molar-refractivity contribution >= 4 is 11.6 Å². The first-order valence-electron chi connectivity index (χ1n) is 7.20. The van der Waals surface area contributed by atoms with Crippen molar-refractivity contribution in [3.8, 4) is 5.75 Å². The van der Waals surface area contributed by atoms with E-state index in [1.165, 1.54) is 6.42 Å². The Morgan fingerprint density at radius 1 is 1.05 bits per heavy atom. The molecule has 0 bridgehead atoms. The predicted octanol–water partition coefficient (Wildman–Crippen LogP) is 4.74. The highest BCUT2D eigenvalue weighted by Crippen LogP contribution is 2.54. The molecule has 0 spiro atoms. The lowest BCUT2D eigenvalue weighted by Gasteiger charge is -2.51. The third-order valence-corrected chi connectivity index (χ3v) is 4.48. The van der Waals surface area contributed by atoms with Gasteiger partial charge in [-0.3, -0.25) is 0 Å². The molecule has 112 valence electrons. The Hall–Kier alpha value is -0.730. The van der Waals surface area contributed by atoms with Crippen LogP contribution >= 0.6 is 11.6 Å². The number of nitrogens with two attached hydrogens (primary N) is 1. The summed E-state index contributed by atoms with van der Waals surface area (Å²) in [5.41, 5.74) is 7.91. The van der Waals surface area contributed by atoms with Gasteiger partial charge in [0.2, 0.25) is 0 Å². The van der Waals surface area contributed by atoms with E-state index in [2.05, 4.69) is 27.7 Å². The molecule has 0 radical (unpaired) electrons. The summed E-state index contributed by atoms with van der Waals surface area (Å²) in [5.74, 6) is 0.838. The van der Waals surface area contributed by atoms with Crippen molar-refractivity contribution in [1.82, 2.24) is 0 Å². The van der Waals surface area contributed by atoms with E-state index in [9.17, 15) is 0 Å². The van der Waals surface area contributed by atoms with Gasteiger partial charge in [0.05, 0.1) is 7.11 Å². The van der Waals surface area contributed by atoms with E-state index in [-0.39, 0.29) is 16.4 Å². The van der Waals surface area contributed by atoms with Crippen LogP contribution in [0.15, 0.2) is 18.2 Å². The van der Waals surface area contributed by atoms with Gasteiger partial charge >= 0.3 is 0 Å². The van der Waals surface area contributed by atoms with Crippen LogP contribution in [0.3, 0.4) is 0 Å². The van der Waals surface area contributed by atoms with Crippen molar-refractivity contribution in [2.45, 2.75) is 52.5 Å². The summed E-state index contributed by atoms with van der Waals surface area (Å²) in [7, 11) is 1.69. The standard InChI is InChI=1S/C17H26ClNO/c1-15(2)9-16(3,4)11-17(19,10-15)13-8-12(18)6-7-14(13)20-5/h6-8H,9-11,19H2,1-5H3. The Morgan fingerprint density at radius 2 is 1.60 bits per heavy atom. The normalized spacial score (nSPS) is 23.4. The second kappa shape index (κ2) is 4.92. The Balaban J connectivity index is 2.51. The topological polar surface area (TPSA) is 35.2 Å². The number of benzene rings is 1. The second-order valence-corrected chi connectivity index (χ2v) is 8.30. The van der Waals surface area contributed by atoms with Crippen LogP contribution in [0.2, 0.25) is 5.02 Å². The van der Waals surface area contributed by atoms with Gasteiger partial charge in [-0.25, -0.2) is 0 Å². The van der Waals surface area contributed by atoms with Crippen LogP contribution in [0, 0.1) is 10.8 Å². The molecule has 1 fully saturated rings. The summed E-state index contributed by atoms with van der Waals surface area (Å²) in [6.07, 6.45) is 3.07. The lowest BCUT2D eigenvalue weighted by atomic mass is 9.57. The van der Waals surface area contributed by atoms with Crippen molar-refractivity contribution in [3.63, 3.8) is 0 Å². The molecule has 0 amide bonds. The molecular formula is C17H26ClNO. The molecule has 0 aromatic heterocycles. The zero-order valence-electron chi connectivity index (χ0n) is 13.2. The average molecular weight is 296 g/mol. The summed E-state index contributed by atoms with van der Waals surface area (Å²) in [6.45, 7) is 9.19. The Labute approximate surface area is 127 Å². The van der Waals surface area contributed by atoms with E-state index in [1.807, 2.05) is 18.2 Å². The van der Waals surface area contributed by atoms with Crippen LogP contribution in [0.5, 0.6) is 5.75 Å². The Morgan fingerprint density at radius 3 is 2.10 bits per heavy atom. The molecule has 1 saturated carbocycles. The summed E-state index contributed by atoms with van der Waals surface area (Å²) < 4.78 is 5.52. The maximum Gasteiger partial charge on any atom is 0.124 e. The van der Waals surface area contributed by atoms with Crippen LogP contribution in [0.1, 0.15) is 52.5 Å². The average Bonchev–Trinajstić information content (AvgIpc) is 2.24. The first-order chi connectivity index (χ1) is 9.07. The quantitative estimate of drug-likeness (QED) is 0.855. The first kappa shape index (κ1) is 15.7. The van der Waals surface area contributed by atoms with Crippen LogP contribution in [0.25, 0.3) is 0 Å². The van der Waals surface area contributed by atoms with Gasteiger partial charge in [-0.1, -0.05) is 39.3 Å².